The third-order valence-electron chi connectivity index (χ3n) is 4.10. The minimum atomic E-state index is -1.34. The number of aromatic amines is 1. The Balaban J connectivity index is 1.76. The molecule has 2 atom stereocenters. The Hall–Kier alpha value is -3.13. The van der Waals surface area contributed by atoms with E-state index in [4.69, 9.17) is 15.4 Å². The SMILES string of the molecule is CC(=O)OCC1=C(C(=O)O)N2C(=O)C(NC(=O)/C(=N\O)c3csc(=N)[nH]3)[C@H]2SC1. The highest BCUT2D eigenvalue weighted by Crippen LogP contribution is 2.40. The summed E-state index contributed by atoms with van der Waals surface area (Å²) in [6.07, 6.45) is 0. The van der Waals surface area contributed by atoms with Crippen LogP contribution in [0.5, 0.6) is 0 Å². The summed E-state index contributed by atoms with van der Waals surface area (Å²) in [5.41, 5.74) is -0.293. The minimum absolute atomic E-state index is 0.0410. The number of rotatable bonds is 6. The van der Waals surface area contributed by atoms with Crippen LogP contribution < -0.4 is 10.1 Å². The van der Waals surface area contributed by atoms with Crippen molar-refractivity contribution in [2.75, 3.05) is 12.4 Å². The van der Waals surface area contributed by atoms with Crippen LogP contribution in [0.4, 0.5) is 0 Å². The zero-order valence-electron chi connectivity index (χ0n) is 14.8. The number of esters is 1. The Morgan fingerprint density at radius 2 is 2.21 bits per heavy atom. The smallest absolute Gasteiger partial charge is 0.352 e. The predicted molar refractivity (Wildman–Crippen MR) is 99.2 cm³/mol. The van der Waals surface area contributed by atoms with Gasteiger partial charge in [0.25, 0.3) is 11.8 Å². The van der Waals surface area contributed by atoms with E-state index in [1.165, 1.54) is 24.1 Å². The van der Waals surface area contributed by atoms with Crippen LogP contribution >= 0.6 is 23.1 Å². The van der Waals surface area contributed by atoms with Gasteiger partial charge in [-0.15, -0.1) is 23.1 Å². The number of β-lactam (4-membered cyclic amide) rings is 1. The molecule has 2 amide bonds. The lowest BCUT2D eigenvalue weighted by Gasteiger charge is -2.49. The predicted octanol–water partition coefficient (Wildman–Crippen LogP) is -0.964. The van der Waals surface area contributed by atoms with Gasteiger partial charge in [0, 0.05) is 23.6 Å². The first kappa shape index (κ1) is 20.6. The Kier molecular flexibility index (Phi) is 5.74. The number of H-pyrrole nitrogens is 1. The number of oxime groups is 1. The van der Waals surface area contributed by atoms with Crippen LogP contribution in [-0.4, -0.2) is 73.4 Å². The molecule has 29 heavy (non-hydrogen) atoms. The summed E-state index contributed by atoms with van der Waals surface area (Å²) in [6, 6.07) is -1.03. The summed E-state index contributed by atoms with van der Waals surface area (Å²) in [6.45, 7) is 0.942. The number of thioether (sulfide) groups is 1. The fourth-order valence-corrected chi connectivity index (χ4v) is 4.73. The van der Waals surface area contributed by atoms with Gasteiger partial charge in [-0.1, -0.05) is 5.16 Å². The molecule has 0 radical (unpaired) electrons. The highest BCUT2D eigenvalue weighted by atomic mass is 32.2. The van der Waals surface area contributed by atoms with Gasteiger partial charge in [-0.2, -0.15) is 0 Å². The van der Waals surface area contributed by atoms with E-state index < -0.39 is 40.9 Å². The standard InChI is InChI=1S/C15H15N5O7S2/c1-5(21)27-2-6-3-28-13-9(12(23)20(13)10(6)14(24)25)18-11(22)8(19-26)7-4-29-15(16)17-7/h4,9,13,26H,2-3H2,1H3,(H2,16,17)(H,18,22)(H,24,25)/b19-8-/t9?,13-/m1/s1. The molecule has 1 aromatic heterocycles. The molecule has 2 aliphatic heterocycles. The van der Waals surface area contributed by atoms with E-state index in [0.717, 1.165) is 16.2 Å². The maximum Gasteiger partial charge on any atom is 0.352 e. The van der Waals surface area contributed by atoms with Crippen LogP contribution in [0.1, 0.15) is 12.6 Å². The second-order valence-electron chi connectivity index (χ2n) is 5.95. The first-order chi connectivity index (χ1) is 13.7. The zero-order valence-corrected chi connectivity index (χ0v) is 16.4. The molecule has 1 saturated heterocycles. The average Bonchev–Trinajstić information content (AvgIpc) is 3.09. The van der Waals surface area contributed by atoms with E-state index in [1.807, 2.05) is 0 Å². The lowest BCUT2D eigenvalue weighted by Crippen LogP contribution is -2.71. The van der Waals surface area contributed by atoms with Crippen molar-refractivity contribution in [3.8, 4) is 0 Å². The summed E-state index contributed by atoms with van der Waals surface area (Å²) < 4.78 is 4.85. The molecule has 12 nitrogen and oxygen atoms in total. The van der Waals surface area contributed by atoms with Crippen LogP contribution in [-0.2, 0) is 23.9 Å². The number of hydrogen-bond acceptors (Lipinski definition) is 10. The lowest BCUT2D eigenvalue weighted by molar-refractivity contribution is -0.150. The van der Waals surface area contributed by atoms with E-state index in [-0.39, 0.29) is 34.1 Å². The van der Waals surface area contributed by atoms with Crippen molar-refractivity contribution in [3.63, 3.8) is 0 Å². The van der Waals surface area contributed by atoms with Crippen LogP contribution in [0, 0.1) is 5.41 Å². The Morgan fingerprint density at radius 3 is 2.76 bits per heavy atom. The van der Waals surface area contributed by atoms with Crippen molar-refractivity contribution < 1.29 is 34.2 Å². The number of nitrogens with zero attached hydrogens (tertiary/aromatic N) is 2. The van der Waals surface area contributed by atoms with Crippen molar-refractivity contribution in [2.24, 2.45) is 5.16 Å². The molecule has 14 heteroatoms. The molecular formula is C15H15N5O7S2. The van der Waals surface area contributed by atoms with Crippen LogP contribution in [0.25, 0.3) is 0 Å². The van der Waals surface area contributed by atoms with E-state index in [2.05, 4.69) is 15.5 Å². The number of amides is 2. The first-order valence-corrected chi connectivity index (χ1v) is 9.96. The largest absolute Gasteiger partial charge is 0.477 e. The Bertz CT molecular complexity index is 1010. The maximum absolute atomic E-state index is 12.5. The van der Waals surface area contributed by atoms with Gasteiger partial charge in [0.1, 0.15) is 23.7 Å². The second-order valence-corrected chi connectivity index (χ2v) is 7.94. The number of thiazole rings is 1. The van der Waals surface area contributed by atoms with E-state index in [9.17, 15) is 24.3 Å². The monoisotopic (exact) mass is 441 g/mol. The molecule has 0 bridgehead atoms. The van der Waals surface area contributed by atoms with Crippen molar-refractivity contribution >= 4 is 52.6 Å². The van der Waals surface area contributed by atoms with Crippen molar-refractivity contribution in [1.82, 2.24) is 15.2 Å². The maximum atomic E-state index is 12.5. The molecule has 0 aliphatic carbocycles. The molecule has 154 valence electrons. The molecule has 0 aromatic carbocycles. The Labute approximate surface area is 170 Å². The number of carboxylic acid groups (broad SMARTS) is 1. The number of carbonyl (C=O) groups is 4. The van der Waals surface area contributed by atoms with E-state index in [0.29, 0.717) is 0 Å². The molecule has 5 N–H and O–H groups in total. The van der Waals surface area contributed by atoms with Crippen LogP contribution in [0.2, 0.25) is 0 Å². The lowest BCUT2D eigenvalue weighted by atomic mass is 10.0. The normalized spacial score (nSPS) is 21.3. The number of aromatic nitrogens is 1. The highest BCUT2D eigenvalue weighted by molar-refractivity contribution is 8.00. The number of carboxylic acids is 1. The number of aliphatic carboxylic acids is 1. The zero-order chi connectivity index (χ0) is 21.3. The Morgan fingerprint density at radius 1 is 1.48 bits per heavy atom. The van der Waals surface area contributed by atoms with Crippen LogP contribution in [0.3, 0.4) is 0 Å². The second kappa shape index (κ2) is 8.08. The number of ether oxygens (including phenoxy) is 1. The van der Waals surface area contributed by atoms with Gasteiger partial charge >= 0.3 is 11.9 Å². The minimum Gasteiger partial charge on any atom is -0.477 e. The van der Waals surface area contributed by atoms with Crippen molar-refractivity contribution in [1.29, 1.82) is 5.41 Å². The quantitative estimate of drug-likeness (QED) is 0.123. The third-order valence-corrected chi connectivity index (χ3v) is 6.13. The van der Waals surface area contributed by atoms with Gasteiger partial charge < -0.3 is 25.4 Å². The van der Waals surface area contributed by atoms with Gasteiger partial charge in [0.05, 0.1) is 5.69 Å². The molecule has 0 saturated carbocycles. The molecule has 1 aromatic rings. The molecule has 3 heterocycles. The topological polar surface area (TPSA) is 185 Å². The van der Waals surface area contributed by atoms with Crippen LogP contribution in [0.15, 0.2) is 21.8 Å². The molecule has 1 unspecified atom stereocenters. The summed E-state index contributed by atoms with van der Waals surface area (Å²) >= 11 is 2.19. The van der Waals surface area contributed by atoms with Crippen molar-refractivity contribution in [2.45, 2.75) is 18.3 Å². The number of nitrogens with one attached hydrogen (secondary N) is 3. The fourth-order valence-electron chi connectivity index (χ4n) is 2.83. The highest BCUT2D eigenvalue weighted by Gasteiger charge is 2.54. The molecular weight excluding hydrogens is 426 g/mol. The van der Waals surface area contributed by atoms with Gasteiger partial charge in [-0.25, -0.2) is 4.79 Å². The van der Waals surface area contributed by atoms with Gasteiger partial charge in [0.2, 0.25) is 0 Å². The van der Waals surface area contributed by atoms with E-state index >= 15 is 0 Å². The van der Waals surface area contributed by atoms with E-state index in [1.54, 1.807) is 0 Å². The van der Waals surface area contributed by atoms with Gasteiger partial charge in [-0.3, -0.25) is 24.7 Å². The summed E-state index contributed by atoms with van der Waals surface area (Å²) in [7, 11) is 0. The first-order valence-electron chi connectivity index (χ1n) is 8.03. The summed E-state index contributed by atoms with van der Waals surface area (Å²) in [5, 5.41) is 32.2. The summed E-state index contributed by atoms with van der Waals surface area (Å²) in [4.78, 5) is 51.2. The van der Waals surface area contributed by atoms with Gasteiger partial charge in [0.15, 0.2) is 10.5 Å². The van der Waals surface area contributed by atoms with Crippen molar-refractivity contribution in [3.05, 3.63) is 27.1 Å². The number of carbonyl (C=O) groups excluding carboxylic acids is 3. The number of hydrogen-bond donors (Lipinski definition) is 5. The molecule has 3 rings (SSSR count). The molecule has 0 spiro atoms. The number of fused-ring (bicyclic) bond motifs is 1. The molecule has 1 fully saturated rings. The fraction of sp³-hybridized carbons (Fsp3) is 0.333. The molecule has 2 aliphatic rings. The van der Waals surface area contributed by atoms with Gasteiger partial charge in [-0.05, 0) is 0 Å². The summed E-state index contributed by atoms with van der Waals surface area (Å²) in [5.74, 6) is -3.24. The average molecular weight is 441 g/mol. The third kappa shape index (κ3) is 3.88.